The first kappa shape index (κ1) is 21.8. The Balaban J connectivity index is 1.64. The molecule has 33 heavy (non-hydrogen) atoms. The summed E-state index contributed by atoms with van der Waals surface area (Å²) < 4.78 is 16.3. The first-order valence-electron chi connectivity index (χ1n) is 10.1. The molecule has 0 aliphatic heterocycles. The standard InChI is InChI=1S/C25H20N2O6/c1-31-19-12-13-20-22(14-19)27(30)24(25(29)17-8-4-2-5-9-17)21(26-20)15-33-23(28)16-32-18-10-6-3-7-11-18/h2-14H,15-16H2,1H3. The molecule has 0 atom stereocenters. The topological polar surface area (TPSA) is 102 Å². The van der Waals surface area contributed by atoms with Crippen LogP contribution < -0.4 is 14.2 Å². The van der Waals surface area contributed by atoms with Crippen LogP contribution in [0.3, 0.4) is 0 Å². The fourth-order valence-electron chi connectivity index (χ4n) is 3.22. The van der Waals surface area contributed by atoms with E-state index >= 15 is 0 Å². The summed E-state index contributed by atoms with van der Waals surface area (Å²) in [5.74, 6) is -0.228. The van der Waals surface area contributed by atoms with Crippen LogP contribution in [0, 0.1) is 5.21 Å². The van der Waals surface area contributed by atoms with Gasteiger partial charge in [0.2, 0.25) is 5.52 Å². The molecule has 0 saturated heterocycles. The maximum Gasteiger partial charge on any atom is 0.344 e. The number of rotatable bonds is 8. The van der Waals surface area contributed by atoms with Gasteiger partial charge < -0.3 is 19.4 Å². The second-order valence-electron chi connectivity index (χ2n) is 7.01. The van der Waals surface area contributed by atoms with Crippen molar-refractivity contribution in [3.63, 3.8) is 0 Å². The van der Waals surface area contributed by atoms with Crippen LogP contribution in [0.25, 0.3) is 11.0 Å². The van der Waals surface area contributed by atoms with Crippen molar-refractivity contribution in [3.05, 3.63) is 101 Å². The lowest BCUT2D eigenvalue weighted by molar-refractivity contribution is -0.580. The monoisotopic (exact) mass is 444 g/mol. The minimum absolute atomic E-state index is 0.0459. The Kier molecular flexibility index (Phi) is 6.45. The Morgan fingerprint density at radius 3 is 2.33 bits per heavy atom. The van der Waals surface area contributed by atoms with Crippen molar-refractivity contribution in [2.75, 3.05) is 13.7 Å². The molecule has 166 valence electrons. The maximum absolute atomic E-state index is 13.2. The van der Waals surface area contributed by atoms with Gasteiger partial charge >= 0.3 is 5.97 Å². The van der Waals surface area contributed by atoms with Crippen molar-refractivity contribution in [3.8, 4) is 11.5 Å². The van der Waals surface area contributed by atoms with E-state index in [0.29, 0.717) is 27.3 Å². The van der Waals surface area contributed by atoms with Crippen LogP contribution in [-0.2, 0) is 16.1 Å². The van der Waals surface area contributed by atoms with Crippen LogP contribution in [0.4, 0.5) is 0 Å². The Labute approximate surface area is 189 Å². The van der Waals surface area contributed by atoms with Gasteiger partial charge in [-0.15, -0.1) is 0 Å². The second kappa shape index (κ2) is 9.78. The maximum atomic E-state index is 13.2. The van der Waals surface area contributed by atoms with Gasteiger partial charge in [0, 0.05) is 5.56 Å². The van der Waals surface area contributed by atoms with Crippen LogP contribution in [0.1, 0.15) is 21.7 Å². The smallest absolute Gasteiger partial charge is 0.344 e. The number of methoxy groups -OCH3 is 1. The van der Waals surface area contributed by atoms with Gasteiger partial charge in [0.1, 0.15) is 23.6 Å². The predicted molar refractivity (Wildman–Crippen MR) is 119 cm³/mol. The zero-order valence-electron chi connectivity index (χ0n) is 17.8. The number of carbonyl (C=O) groups is 2. The summed E-state index contributed by atoms with van der Waals surface area (Å²) in [4.78, 5) is 29.8. The van der Waals surface area contributed by atoms with E-state index in [2.05, 4.69) is 4.98 Å². The van der Waals surface area contributed by atoms with E-state index in [-0.39, 0.29) is 30.1 Å². The number of ether oxygens (including phenoxy) is 3. The van der Waals surface area contributed by atoms with E-state index in [9.17, 15) is 14.8 Å². The van der Waals surface area contributed by atoms with Crippen LogP contribution in [0.2, 0.25) is 0 Å². The minimum Gasteiger partial charge on any atom is -0.618 e. The number of benzene rings is 3. The molecule has 1 aromatic heterocycles. The molecule has 0 spiro atoms. The van der Waals surface area contributed by atoms with Gasteiger partial charge in [0.25, 0.3) is 11.5 Å². The molecule has 4 rings (SSSR count). The fourth-order valence-corrected chi connectivity index (χ4v) is 3.22. The van der Waals surface area contributed by atoms with Gasteiger partial charge in [-0.1, -0.05) is 48.5 Å². The molecule has 4 aromatic rings. The average molecular weight is 444 g/mol. The molecule has 0 fully saturated rings. The number of para-hydroxylation sites is 1. The van der Waals surface area contributed by atoms with E-state index < -0.39 is 11.8 Å². The van der Waals surface area contributed by atoms with Crippen molar-refractivity contribution in [2.45, 2.75) is 6.61 Å². The van der Waals surface area contributed by atoms with Crippen LogP contribution in [0.15, 0.2) is 78.9 Å². The Hall–Kier alpha value is -4.46. The third kappa shape index (κ3) is 4.90. The summed E-state index contributed by atoms with van der Waals surface area (Å²) in [6.45, 7) is -0.691. The van der Waals surface area contributed by atoms with Gasteiger partial charge in [-0.3, -0.25) is 4.79 Å². The number of hydrogen-bond acceptors (Lipinski definition) is 7. The largest absolute Gasteiger partial charge is 0.618 e. The lowest BCUT2D eigenvalue weighted by Crippen LogP contribution is -2.38. The molecule has 0 unspecified atom stereocenters. The number of ketones is 1. The van der Waals surface area contributed by atoms with E-state index in [1.807, 2.05) is 6.07 Å². The summed E-state index contributed by atoms with van der Waals surface area (Å²) >= 11 is 0. The average Bonchev–Trinajstić information content (AvgIpc) is 2.87. The van der Waals surface area contributed by atoms with Gasteiger partial charge in [-0.2, -0.15) is 4.73 Å². The first-order valence-corrected chi connectivity index (χ1v) is 10.1. The number of nitrogens with zero attached hydrogens (tertiary/aromatic N) is 2. The van der Waals surface area contributed by atoms with Crippen LogP contribution >= 0.6 is 0 Å². The van der Waals surface area contributed by atoms with Crippen LogP contribution in [0.5, 0.6) is 11.5 Å². The highest BCUT2D eigenvalue weighted by molar-refractivity contribution is 6.07. The second-order valence-corrected chi connectivity index (χ2v) is 7.01. The highest BCUT2D eigenvalue weighted by Gasteiger charge is 2.28. The van der Waals surface area contributed by atoms with Gasteiger partial charge in [0.05, 0.1) is 13.2 Å². The Morgan fingerprint density at radius 2 is 1.64 bits per heavy atom. The molecule has 8 heteroatoms. The number of esters is 1. The van der Waals surface area contributed by atoms with Gasteiger partial charge in [0.15, 0.2) is 12.3 Å². The summed E-state index contributed by atoms with van der Waals surface area (Å²) in [6.07, 6.45) is 0. The van der Waals surface area contributed by atoms with Crippen molar-refractivity contribution in [1.82, 2.24) is 4.98 Å². The lowest BCUT2D eigenvalue weighted by Gasteiger charge is -2.12. The van der Waals surface area contributed by atoms with E-state index in [1.54, 1.807) is 66.7 Å². The van der Waals surface area contributed by atoms with Gasteiger partial charge in [-0.05, 0) is 24.3 Å². The summed E-state index contributed by atoms with van der Waals surface area (Å²) in [5.41, 5.74) is 0.632. The molecule has 0 saturated carbocycles. The molecule has 0 amide bonds. The molecule has 0 N–H and O–H groups in total. The minimum atomic E-state index is -0.661. The molecule has 1 heterocycles. The zero-order chi connectivity index (χ0) is 23.2. The van der Waals surface area contributed by atoms with Gasteiger partial charge in [-0.25, -0.2) is 9.78 Å². The molecular formula is C25H20N2O6. The van der Waals surface area contributed by atoms with Crippen molar-refractivity contribution in [2.24, 2.45) is 0 Å². The number of aromatic nitrogens is 2. The van der Waals surface area contributed by atoms with Crippen molar-refractivity contribution >= 4 is 22.8 Å². The summed E-state index contributed by atoms with van der Waals surface area (Å²) in [5, 5.41) is 13.2. The fraction of sp³-hybridized carbons (Fsp3) is 0.120. The SMILES string of the molecule is COc1ccc2nc(COC(=O)COc3ccccc3)c(C(=O)c3ccccc3)[n+]([O-])c2c1. The van der Waals surface area contributed by atoms with Crippen molar-refractivity contribution < 1.29 is 28.5 Å². The van der Waals surface area contributed by atoms with E-state index in [0.717, 1.165) is 0 Å². The number of fused-ring (bicyclic) bond motifs is 1. The Morgan fingerprint density at radius 1 is 0.939 bits per heavy atom. The molecular weight excluding hydrogens is 424 g/mol. The normalized spacial score (nSPS) is 10.6. The third-order valence-corrected chi connectivity index (χ3v) is 4.85. The highest BCUT2D eigenvalue weighted by Crippen LogP contribution is 2.20. The number of carbonyl (C=O) groups excluding carboxylic acids is 2. The summed E-state index contributed by atoms with van der Waals surface area (Å²) in [7, 11) is 1.48. The molecule has 3 aromatic carbocycles. The molecule has 0 aliphatic carbocycles. The molecule has 0 bridgehead atoms. The van der Waals surface area contributed by atoms with E-state index in [4.69, 9.17) is 14.2 Å². The zero-order valence-corrected chi connectivity index (χ0v) is 17.8. The quantitative estimate of drug-likeness (QED) is 0.178. The lowest BCUT2D eigenvalue weighted by atomic mass is 10.1. The first-order chi connectivity index (χ1) is 16.1. The highest BCUT2D eigenvalue weighted by atomic mass is 16.6. The van der Waals surface area contributed by atoms with Crippen molar-refractivity contribution in [1.29, 1.82) is 0 Å². The molecule has 8 nitrogen and oxygen atoms in total. The van der Waals surface area contributed by atoms with E-state index in [1.165, 1.54) is 13.2 Å². The molecule has 0 radical (unpaired) electrons. The molecule has 0 aliphatic rings. The third-order valence-electron chi connectivity index (χ3n) is 4.85. The number of hydrogen-bond donors (Lipinski definition) is 0. The Bertz CT molecular complexity index is 1290. The predicted octanol–water partition coefficient (Wildman–Crippen LogP) is 3.23. The summed E-state index contributed by atoms with van der Waals surface area (Å²) in [6, 6.07) is 21.9. The van der Waals surface area contributed by atoms with Crippen LogP contribution in [-0.4, -0.2) is 30.5 Å².